The molecule has 2 nitrogen and oxygen atoms in total. The summed E-state index contributed by atoms with van der Waals surface area (Å²) in [6, 6.07) is 3.82. The Labute approximate surface area is 84.6 Å². The third-order valence-corrected chi connectivity index (χ3v) is 2.45. The molecule has 14 heavy (non-hydrogen) atoms. The summed E-state index contributed by atoms with van der Waals surface area (Å²) in [6.07, 6.45) is 1.68. The van der Waals surface area contributed by atoms with Gasteiger partial charge in [-0.05, 0) is 42.5 Å². The van der Waals surface area contributed by atoms with Crippen molar-refractivity contribution >= 4 is 5.97 Å². The average molecular weight is 192 g/mol. The molecule has 1 aromatic rings. The summed E-state index contributed by atoms with van der Waals surface area (Å²) in [5.41, 5.74) is 3.62. The van der Waals surface area contributed by atoms with Crippen LogP contribution < -0.4 is 0 Å². The monoisotopic (exact) mass is 192 g/mol. The highest BCUT2D eigenvalue weighted by Crippen LogP contribution is 2.19. The van der Waals surface area contributed by atoms with Crippen LogP contribution in [-0.2, 0) is 12.8 Å². The number of carboxylic acid groups (broad SMARTS) is 1. The van der Waals surface area contributed by atoms with Crippen molar-refractivity contribution in [2.24, 2.45) is 0 Å². The zero-order valence-electron chi connectivity index (χ0n) is 8.92. The van der Waals surface area contributed by atoms with Crippen molar-refractivity contribution in [1.82, 2.24) is 0 Å². The predicted molar refractivity (Wildman–Crippen MR) is 56.9 cm³/mol. The number of hydrogen-bond acceptors (Lipinski definition) is 1. The second-order valence-corrected chi connectivity index (χ2v) is 3.46. The van der Waals surface area contributed by atoms with Crippen LogP contribution in [0.25, 0.3) is 0 Å². The molecule has 0 unspecified atom stereocenters. The largest absolute Gasteiger partial charge is 0.478 e. The Morgan fingerprint density at radius 3 is 2.36 bits per heavy atom. The molecule has 0 fully saturated rings. The molecule has 0 aliphatic heterocycles. The number of aryl methyl sites for hydroxylation is 2. The van der Waals surface area contributed by atoms with E-state index >= 15 is 0 Å². The van der Waals surface area contributed by atoms with Gasteiger partial charge in [-0.2, -0.15) is 0 Å². The van der Waals surface area contributed by atoms with Crippen LogP contribution in [0.15, 0.2) is 12.1 Å². The molecule has 0 amide bonds. The van der Waals surface area contributed by atoms with Crippen molar-refractivity contribution in [1.29, 1.82) is 0 Å². The molecular weight excluding hydrogens is 176 g/mol. The lowest BCUT2D eigenvalue weighted by molar-refractivity contribution is 0.0695. The van der Waals surface area contributed by atoms with Gasteiger partial charge in [-0.25, -0.2) is 4.79 Å². The normalized spacial score (nSPS) is 10.2. The van der Waals surface area contributed by atoms with Crippen molar-refractivity contribution in [3.05, 3.63) is 34.4 Å². The number of carbonyl (C=O) groups is 1. The minimum absolute atomic E-state index is 0.462. The first kappa shape index (κ1) is 10.8. The van der Waals surface area contributed by atoms with Crippen molar-refractivity contribution < 1.29 is 9.90 Å². The van der Waals surface area contributed by atoms with Gasteiger partial charge in [-0.3, -0.25) is 0 Å². The fraction of sp³-hybridized carbons (Fsp3) is 0.417. The Balaban J connectivity index is 3.39. The molecule has 1 N–H and O–H groups in total. The molecule has 0 saturated carbocycles. The SMILES string of the molecule is CCc1cc(C)cc(C(=O)O)c1CC. The first-order chi connectivity index (χ1) is 6.60. The first-order valence-corrected chi connectivity index (χ1v) is 4.95. The van der Waals surface area contributed by atoms with Crippen molar-refractivity contribution in [3.63, 3.8) is 0 Å². The number of carboxylic acids is 1. The lowest BCUT2D eigenvalue weighted by Gasteiger charge is -2.10. The summed E-state index contributed by atoms with van der Waals surface area (Å²) in [5, 5.41) is 9.04. The summed E-state index contributed by atoms with van der Waals surface area (Å²) < 4.78 is 0. The van der Waals surface area contributed by atoms with E-state index in [9.17, 15) is 4.79 Å². The fourth-order valence-electron chi connectivity index (χ4n) is 1.82. The van der Waals surface area contributed by atoms with Crippen LogP contribution in [0.3, 0.4) is 0 Å². The van der Waals surface area contributed by atoms with Crippen LogP contribution in [0.5, 0.6) is 0 Å². The average Bonchev–Trinajstić information content (AvgIpc) is 2.16. The van der Waals surface area contributed by atoms with Crippen LogP contribution in [0.1, 0.15) is 40.9 Å². The van der Waals surface area contributed by atoms with E-state index < -0.39 is 5.97 Å². The molecule has 0 radical (unpaired) electrons. The molecule has 0 spiro atoms. The number of benzene rings is 1. The second kappa shape index (κ2) is 4.27. The molecular formula is C12H16O2. The summed E-state index contributed by atoms with van der Waals surface area (Å²) in [4.78, 5) is 11.0. The van der Waals surface area contributed by atoms with Gasteiger partial charge >= 0.3 is 5.97 Å². The highest BCUT2D eigenvalue weighted by atomic mass is 16.4. The van der Waals surface area contributed by atoms with Gasteiger partial charge < -0.3 is 5.11 Å². The molecule has 0 aliphatic rings. The molecule has 0 saturated heterocycles. The Kier molecular flexibility index (Phi) is 3.28. The Morgan fingerprint density at radius 2 is 1.93 bits per heavy atom. The first-order valence-electron chi connectivity index (χ1n) is 4.95. The second-order valence-electron chi connectivity index (χ2n) is 3.46. The molecule has 0 atom stereocenters. The highest BCUT2D eigenvalue weighted by Gasteiger charge is 2.12. The molecule has 0 bridgehead atoms. The van der Waals surface area contributed by atoms with Gasteiger partial charge in [0.25, 0.3) is 0 Å². The third kappa shape index (κ3) is 1.95. The third-order valence-electron chi connectivity index (χ3n) is 2.45. The molecule has 76 valence electrons. The van der Waals surface area contributed by atoms with Gasteiger partial charge in [0.05, 0.1) is 5.56 Å². The van der Waals surface area contributed by atoms with Gasteiger partial charge in [-0.15, -0.1) is 0 Å². The maximum absolute atomic E-state index is 11.0. The van der Waals surface area contributed by atoms with E-state index in [4.69, 9.17) is 5.11 Å². The van der Waals surface area contributed by atoms with Crippen LogP contribution in [0, 0.1) is 6.92 Å². The Hall–Kier alpha value is -1.31. The van der Waals surface area contributed by atoms with E-state index in [2.05, 4.69) is 13.0 Å². The number of aromatic carboxylic acids is 1. The topological polar surface area (TPSA) is 37.3 Å². The van der Waals surface area contributed by atoms with E-state index in [1.165, 1.54) is 0 Å². The minimum atomic E-state index is -0.819. The summed E-state index contributed by atoms with van der Waals surface area (Å²) in [5.74, 6) is -0.819. The summed E-state index contributed by atoms with van der Waals surface area (Å²) in [6.45, 7) is 5.99. The molecule has 0 aromatic heterocycles. The summed E-state index contributed by atoms with van der Waals surface area (Å²) >= 11 is 0. The zero-order valence-corrected chi connectivity index (χ0v) is 8.92. The van der Waals surface area contributed by atoms with Gasteiger partial charge in [0.1, 0.15) is 0 Å². The molecule has 2 heteroatoms. The van der Waals surface area contributed by atoms with Crippen LogP contribution in [0.4, 0.5) is 0 Å². The minimum Gasteiger partial charge on any atom is -0.478 e. The maximum Gasteiger partial charge on any atom is 0.335 e. The Morgan fingerprint density at radius 1 is 1.29 bits per heavy atom. The molecule has 0 heterocycles. The van der Waals surface area contributed by atoms with Gasteiger partial charge in [0.2, 0.25) is 0 Å². The van der Waals surface area contributed by atoms with E-state index in [1.54, 1.807) is 6.07 Å². The maximum atomic E-state index is 11.0. The van der Waals surface area contributed by atoms with Gasteiger partial charge in [0.15, 0.2) is 0 Å². The van der Waals surface area contributed by atoms with E-state index in [1.807, 2.05) is 13.8 Å². The molecule has 1 aromatic carbocycles. The quantitative estimate of drug-likeness (QED) is 0.799. The van der Waals surface area contributed by atoms with Crippen LogP contribution >= 0.6 is 0 Å². The Bertz CT molecular complexity index is 354. The van der Waals surface area contributed by atoms with Crippen molar-refractivity contribution in [3.8, 4) is 0 Å². The van der Waals surface area contributed by atoms with Crippen LogP contribution in [0.2, 0.25) is 0 Å². The van der Waals surface area contributed by atoms with Crippen LogP contribution in [-0.4, -0.2) is 11.1 Å². The molecule has 0 aliphatic carbocycles. The highest BCUT2D eigenvalue weighted by molar-refractivity contribution is 5.90. The predicted octanol–water partition coefficient (Wildman–Crippen LogP) is 2.82. The fourth-order valence-corrected chi connectivity index (χ4v) is 1.82. The van der Waals surface area contributed by atoms with Crippen molar-refractivity contribution in [2.75, 3.05) is 0 Å². The van der Waals surface area contributed by atoms with E-state index in [-0.39, 0.29) is 0 Å². The van der Waals surface area contributed by atoms with E-state index in [0.717, 1.165) is 29.5 Å². The van der Waals surface area contributed by atoms with Crippen molar-refractivity contribution in [2.45, 2.75) is 33.6 Å². The van der Waals surface area contributed by atoms with Gasteiger partial charge in [0, 0.05) is 0 Å². The zero-order chi connectivity index (χ0) is 10.7. The van der Waals surface area contributed by atoms with E-state index in [0.29, 0.717) is 5.56 Å². The lowest BCUT2D eigenvalue weighted by Crippen LogP contribution is -2.05. The van der Waals surface area contributed by atoms with Gasteiger partial charge in [-0.1, -0.05) is 19.9 Å². The summed E-state index contributed by atoms with van der Waals surface area (Å²) in [7, 11) is 0. The smallest absolute Gasteiger partial charge is 0.335 e. The lowest BCUT2D eigenvalue weighted by atomic mass is 9.95. The number of rotatable bonds is 3. The number of hydrogen-bond donors (Lipinski definition) is 1. The molecule has 1 rings (SSSR count). The standard InChI is InChI=1S/C12H16O2/c1-4-9-6-8(3)7-11(12(13)14)10(9)5-2/h6-7H,4-5H2,1-3H3,(H,13,14).